The van der Waals surface area contributed by atoms with Crippen LogP contribution in [-0.4, -0.2) is 6.54 Å². The first-order valence-electron chi connectivity index (χ1n) is 7.12. The van der Waals surface area contributed by atoms with Gasteiger partial charge in [-0.1, -0.05) is 26.2 Å². The van der Waals surface area contributed by atoms with E-state index in [1.165, 1.54) is 41.5 Å². The van der Waals surface area contributed by atoms with E-state index in [0.29, 0.717) is 6.04 Å². The normalized spacial score (nSPS) is 26.2. The number of thiophene rings is 1. The molecule has 2 rings (SSSR count). The Balaban J connectivity index is 1.68. The van der Waals surface area contributed by atoms with E-state index in [9.17, 15) is 0 Å². The van der Waals surface area contributed by atoms with Gasteiger partial charge in [-0.05, 0) is 60.1 Å². The van der Waals surface area contributed by atoms with E-state index in [4.69, 9.17) is 0 Å². The van der Waals surface area contributed by atoms with E-state index < -0.39 is 0 Å². The Bertz CT molecular complexity index is 363. The van der Waals surface area contributed by atoms with Gasteiger partial charge in [0, 0.05) is 20.8 Å². The highest BCUT2D eigenvalue weighted by molar-refractivity contribution is 9.10. The largest absolute Gasteiger partial charge is 0.309 e. The fourth-order valence-corrected chi connectivity index (χ4v) is 4.46. The molecule has 0 radical (unpaired) electrons. The molecule has 18 heavy (non-hydrogen) atoms. The first-order valence-corrected chi connectivity index (χ1v) is 8.79. The van der Waals surface area contributed by atoms with Gasteiger partial charge in [0.1, 0.15) is 0 Å². The molecule has 1 nitrogen and oxygen atoms in total. The van der Waals surface area contributed by atoms with E-state index in [0.717, 1.165) is 18.4 Å². The predicted octanol–water partition coefficient (Wildman–Crippen LogP) is 5.38. The highest BCUT2D eigenvalue weighted by atomic mass is 79.9. The Morgan fingerprint density at radius 1 is 1.50 bits per heavy atom. The van der Waals surface area contributed by atoms with Gasteiger partial charge in [0.2, 0.25) is 0 Å². The van der Waals surface area contributed by atoms with Crippen LogP contribution in [0.3, 0.4) is 0 Å². The summed E-state index contributed by atoms with van der Waals surface area (Å²) >= 11 is 5.36. The van der Waals surface area contributed by atoms with Crippen LogP contribution in [0, 0.1) is 11.8 Å². The lowest BCUT2D eigenvalue weighted by Crippen LogP contribution is -2.23. The Hall–Kier alpha value is 0.140. The molecule has 1 aliphatic rings. The van der Waals surface area contributed by atoms with Crippen LogP contribution in [0.5, 0.6) is 0 Å². The number of hydrogen-bond acceptors (Lipinski definition) is 2. The van der Waals surface area contributed by atoms with Crippen LogP contribution in [0.25, 0.3) is 0 Å². The zero-order chi connectivity index (χ0) is 13.0. The number of rotatable bonds is 5. The summed E-state index contributed by atoms with van der Waals surface area (Å²) in [5, 5.41) is 5.83. The van der Waals surface area contributed by atoms with Crippen molar-refractivity contribution < 1.29 is 0 Å². The van der Waals surface area contributed by atoms with Crippen molar-refractivity contribution in [2.45, 2.75) is 52.0 Å². The van der Waals surface area contributed by atoms with Gasteiger partial charge in [0.25, 0.3) is 0 Å². The smallest absolute Gasteiger partial charge is 0.0386 e. The summed E-state index contributed by atoms with van der Waals surface area (Å²) < 4.78 is 1.21. The van der Waals surface area contributed by atoms with Crippen molar-refractivity contribution in [3.8, 4) is 0 Å². The van der Waals surface area contributed by atoms with Gasteiger partial charge in [-0.15, -0.1) is 11.3 Å². The lowest BCUT2D eigenvalue weighted by Gasteiger charge is -2.27. The lowest BCUT2D eigenvalue weighted by atomic mass is 9.81. The molecule has 3 atom stereocenters. The summed E-state index contributed by atoms with van der Waals surface area (Å²) in [5.41, 5.74) is 0. The molecule has 3 heteroatoms. The molecule has 1 fully saturated rings. The summed E-state index contributed by atoms with van der Waals surface area (Å²) in [7, 11) is 0. The van der Waals surface area contributed by atoms with Gasteiger partial charge in [0.05, 0.1) is 0 Å². The minimum absolute atomic E-state index is 0.488. The molecule has 1 aromatic heterocycles. The third kappa shape index (κ3) is 4.36. The highest BCUT2D eigenvalue weighted by Crippen LogP contribution is 2.31. The third-order valence-corrected chi connectivity index (χ3v) is 5.94. The third-order valence-electron chi connectivity index (χ3n) is 4.06. The number of nitrogens with one attached hydrogen (secondary N) is 1. The molecule has 1 aromatic rings. The average molecular weight is 330 g/mol. The molecular formula is C15H24BrNS. The van der Waals surface area contributed by atoms with Gasteiger partial charge in [-0.2, -0.15) is 0 Å². The Kier molecular flexibility index (Phi) is 5.71. The maximum atomic E-state index is 3.66. The molecule has 0 spiro atoms. The van der Waals surface area contributed by atoms with Crippen molar-refractivity contribution in [2.24, 2.45) is 11.8 Å². The zero-order valence-corrected chi connectivity index (χ0v) is 13.8. The van der Waals surface area contributed by atoms with Crippen LogP contribution in [0.2, 0.25) is 0 Å². The predicted molar refractivity (Wildman–Crippen MR) is 84.2 cm³/mol. The van der Waals surface area contributed by atoms with E-state index in [-0.39, 0.29) is 0 Å². The molecule has 1 aliphatic carbocycles. The van der Waals surface area contributed by atoms with Crippen LogP contribution in [0.15, 0.2) is 15.9 Å². The van der Waals surface area contributed by atoms with Gasteiger partial charge in [0.15, 0.2) is 0 Å². The van der Waals surface area contributed by atoms with Crippen LogP contribution >= 0.6 is 27.3 Å². The van der Waals surface area contributed by atoms with Crippen molar-refractivity contribution in [3.63, 3.8) is 0 Å². The highest BCUT2D eigenvalue weighted by Gasteiger charge is 2.18. The molecule has 1 N–H and O–H groups in total. The number of halogens is 1. The molecule has 1 heterocycles. The van der Waals surface area contributed by atoms with Crippen molar-refractivity contribution in [1.82, 2.24) is 5.32 Å². The van der Waals surface area contributed by atoms with Crippen LogP contribution in [0.4, 0.5) is 0 Å². The molecule has 1 saturated carbocycles. The summed E-state index contributed by atoms with van der Waals surface area (Å²) in [4.78, 5) is 1.43. The standard InChI is InChI=1S/C15H24BrNS/c1-11-4-3-5-13(8-11)6-7-17-12(2)15-9-14(16)10-18-15/h9-13,17H,3-8H2,1-2H3. The summed E-state index contributed by atoms with van der Waals surface area (Å²) in [6.45, 7) is 5.83. The Labute approximate surface area is 123 Å². The second-order valence-electron chi connectivity index (χ2n) is 5.77. The maximum absolute atomic E-state index is 3.66. The fraction of sp³-hybridized carbons (Fsp3) is 0.733. The van der Waals surface area contributed by atoms with Crippen molar-refractivity contribution in [2.75, 3.05) is 6.54 Å². The van der Waals surface area contributed by atoms with Crippen molar-refractivity contribution in [1.29, 1.82) is 0 Å². The van der Waals surface area contributed by atoms with Crippen molar-refractivity contribution >= 4 is 27.3 Å². The maximum Gasteiger partial charge on any atom is 0.0386 e. The van der Waals surface area contributed by atoms with Gasteiger partial charge >= 0.3 is 0 Å². The topological polar surface area (TPSA) is 12.0 Å². The van der Waals surface area contributed by atoms with E-state index in [1.54, 1.807) is 0 Å². The van der Waals surface area contributed by atoms with E-state index >= 15 is 0 Å². The SMILES string of the molecule is CC1CCCC(CCNC(C)c2cc(Br)cs2)C1. The molecule has 102 valence electrons. The second-order valence-corrected chi connectivity index (χ2v) is 7.63. The van der Waals surface area contributed by atoms with Crippen molar-refractivity contribution in [3.05, 3.63) is 20.8 Å². The molecule has 0 saturated heterocycles. The fourth-order valence-electron chi connectivity index (χ4n) is 2.98. The zero-order valence-electron chi connectivity index (χ0n) is 11.4. The first kappa shape index (κ1) is 14.5. The van der Waals surface area contributed by atoms with Crippen LogP contribution < -0.4 is 5.32 Å². The average Bonchev–Trinajstić information content (AvgIpc) is 2.76. The molecule has 0 aliphatic heterocycles. The first-order chi connectivity index (χ1) is 8.65. The second kappa shape index (κ2) is 7.06. The molecule has 0 bridgehead atoms. The van der Waals surface area contributed by atoms with Crippen LogP contribution in [-0.2, 0) is 0 Å². The summed E-state index contributed by atoms with van der Waals surface area (Å²) in [5.74, 6) is 1.91. The molecule has 0 amide bonds. The van der Waals surface area contributed by atoms with Crippen LogP contribution in [0.1, 0.15) is 56.9 Å². The molecule has 3 unspecified atom stereocenters. The van der Waals surface area contributed by atoms with Gasteiger partial charge in [-0.25, -0.2) is 0 Å². The quantitative estimate of drug-likeness (QED) is 0.764. The minimum atomic E-state index is 0.488. The van der Waals surface area contributed by atoms with Gasteiger partial charge in [-0.3, -0.25) is 0 Å². The lowest BCUT2D eigenvalue weighted by molar-refractivity contribution is 0.266. The van der Waals surface area contributed by atoms with E-state index in [1.807, 2.05) is 11.3 Å². The summed E-state index contributed by atoms with van der Waals surface area (Å²) in [6.07, 6.45) is 7.13. The molecular weight excluding hydrogens is 306 g/mol. The van der Waals surface area contributed by atoms with Gasteiger partial charge < -0.3 is 5.32 Å². The Morgan fingerprint density at radius 3 is 3.00 bits per heavy atom. The minimum Gasteiger partial charge on any atom is -0.309 e. The molecule has 0 aromatic carbocycles. The van der Waals surface area contributed by atoms with E-state index in [2.05, 4.69) is 46.5 Å². The number of hydrogen-bond donors (Lipinski definition) is 1. The summed E-state index contributed by atoms with van der Waals surface area (Å²) in [6, 6.07) is 2.72. The monoisotopic (exact) mass is 329 g/mol. The Morgan fingerprint density at radius 2 is 2.33 bits per heavy atom.